The number of aromatic nitrogens is 1. The summed E-state index contributed by atoms with van der Waals surface area (Å²) in [6.45, 7) is 0.626. The number of aliphatic imine (C=N–C) groups is 1. The summed E-state index contributed by atoms with van der Waals surface area (Å²) in [6.07, 6.45) is 6.07. The van der Waals surface area contributed by atoms with E-state index in [2.05, 4.69) is 16.0 Å². The predicted molar refractivity (Wildman–Crippen MR) is 44.9 cm³/mol. The van der Waals surface area contributed by atoms with Gasteiger partial charge >= 0.3 is 0 Å². The highest BCUT2D eigenvalue weighted by atomic mass is 14.7. The molecule has 12 heavy (non-hydrogen) atoms. The standard InChI is InChI=1S/C9H7N3/c10-3-8-5-12-4-7-1-2-11-6-9(7)8/h2,4-5H,1,6H2. The summed E-state index contributed by atoms with van der Waals surface area (Å²) in [7, 11) is 0. The molecule has 0 saturated heterocycles. The van der Waals surface area contributed by atoms with Gasteiger partial charge in [-0.2, -0.15) is 5.26 Å². The third kappa shape index (κ3) is 0.978. The molecule has 0 atom stereocenters. The Morgan fingerprint density at radius 2 is 2.33 bits per heavy atom. The van der Waals surface area contributed by atoms with Crippen molar-refractivity contribution in [3.8, 4) is 6.07 Å². The fourth-order valence-corrected chi connectivity index (χ4v) is 1.31. The zero-order valence-corrected chi connectivity index (χ0v) is 6.49. The summed E-state index contributed by atoms with van der Waals surface area (Å²) in [5, 5.41) is 8.75. The molecule has 1 aliphatic heterocycles. The molecule has 0 aliphatic carbocycles. The molecule has 0 aromatic carbocycles. The number of fused-ring (bicyclic) bond motifs is 1. The van der Waals surface area contributed by atoms with Gasteiger partial charge < -0.3 is 0 Å². The number of pyridine rings is 1. The summed E-state index contributed by atoms with van der Waals surface area (Å²) in [5.41, 5.74) is 2.82. The molecule has 2 heterocycles. The van der Waals surface area contributed by atoms with Crippen LogP contribution in [-0.2, 0) is 13.0 Å². The zero-order valence-electron chi connectivity index (χ0n) is 6.49. The molecule has 0 amide bonds. The van der Waals surface area contributed by atoms with Crippen molar-refractivity contribution in [3.63, 3.8) is 0 Å². The number of hydrogen-bond donors (Lipinski definition) is 0. The number of nitrogens with zero attached hydrogens (tertiary/aromatic N) is 3. The average molecular weight is 157 g/mol. The summed E-state index contributed by atoms with van der Waals surface area (Å²) in [4.78, 5) is 8.11. The first kappa shape index (κ1) is 6.99. The van der Waals surface area contributed by atoms with Crippen molar-refractivity contribution >= 4 is 6.21 Å². The molecule has 3 heteroatoms. The van der Waals surface area contributed by atoms with E-state index in [0.29, 0.717) is 12.1 Å². The molecule has 0 fully saturated rings. The van der Waals surface area contributed by atoms with E-state index in [4.69, 9.17) is 5.26 Å². The number of rotatable bonds is 0. The van der Waals surface area contributed by atoms with Crippen molar-refractivity contribution in [2.24, 2.45) is 4.99 Å². The lowest BCUT2D eigenvalue weighted by molar-refractivity contribution is 0.979. The highest BCUT2D eigenvalue weighted by Gasteiger charge is 2.09. The molecule has 0 unspecified atom stereocenters. The second-order valence-corrected chi connectivity index (χ2v) is 2.66. The van der Waals surface area contributed by atoms with Gasteiger partial charge in [-0.1, -0.05) is 0 Å². The largest absolute Gasteiger partial charge is 0.292 e. The smallest absolute Gasteiger partial charge is 0.101 e. The van der Waals surface area contributed by atoms with E-state index in [1.54, 1.807) is 12.4 Å². The normalized spacial score (nSPS) is 13.6. The third-order valence-electron chi connectivity index (χ3n) is 1.96. The van der Waals surface area contributed by atoms with E-state index in [1.807, 2.05) is 6.21 Å². The highest BCUT2D eigenvalue weighted by molar-refractivity contribution is 5.65. The van der Waals surface area contributed by atoms with Crippen LogP contribution in [0, 0.1) is 11.3 Å². The van der Waals surface area contributed by atoms with Gasteiger partial charge in [0.15, 0.2) is 0 Å². The van der Waals surface area contributed by atoms with Crippen molar-refractivity contribution < 1.29 is 0 Å². The molecule has 0 bridgehead atoms. The van der Waals surface area contributed by atoms with Gasteiger partial charge in [0.2, 0.25) is 0 Å². The van der Waals surface area contributed by atoms with E-state index < -0.39 is 0 Å². The second kappa shape index (κ2) is 2.74. The fraction of sp³-hybridized carbons (Fsp3) is 0.222. The van der Waals surface area contributed by atoms with E-state index in [-0.39, 0.29) is 0 Å². The Kier molecular flexibility index (Phi) is 1.60. The van der Waals surface area contributed by atoms with Crippen molar-refractivity contribution in [1.82, 2.24) is 4.98 Å². The third-order valence-corrected chi connectivity index (χ3v) is 1.96. The topological polar surface area (TPSA) is 49.0 Å². The summed E-state index contributed by atoms with van der Waals surface area (Å²) >= 11 is 0. The Bertz CT molecular complexity index is 374. The van der Waals surface area contributed by atoms with Gasteiger partial charge in [-0.15, -0.1) is 0 Å². The minimum atomic E-state index is 0.626. The van der Waals surface area contributed by atoms with Gasteiger partial charge in [-0.05, 0) is 11.1 Å². The first-order chi connectivity index (χ1) is 5.92. The molecule has 0 saturated carbocycles. The second-order valence-electron chi connectivity index (χ2n) is 2.66. The summed E-state index contributed by atoms with van der Waals surface area (Å²) in [6, 6.07) is 2.12. The maximum Gasteiger partial charge on any atom is 0.101 e. The molecule has 0 radical (unpaired) electrons. The van der Waals surface area contributed by atoms with Crippen molar-refractivity contribution in [1.29, 1.82) is 5.26 Å². The lowest BCUT2D eigenvalue weighted by Gasteiger charge is -2.09. The molecule has 1 aromatic rings. The van der Waals surface area contributed by atoms with Crippen LogP contribution < -0.4 is 0 Å². The molecular weight excluding hydrogens is 150 g/mol. The highest BCUT2D eigenvalue weighted by Crippen LogP contribution is 2.16. The van der Waals surface area contributed by atoms with Crippen LogP contribution in [0.1, 0.15) is 16.7 Å². The van der Waals surface area contributed by atoms with Crippen LogP contribution in [0.2, 0.25) is 0 Å². The number of hydrogen-bond acceptors (Lipinski definition) is 3. The monoisotopic (exact) mass is 157 g/mol. The molecule has 1 aliphatic rings. The minimum Gasteiger partial charge on any atom is -0.292 e. The maximum absolute atomic E-state index is 8.75. The fourth-order valence-electron chi connectivity index (χ4n) is 1.31. The summed E-state index contributed by atoms with van der Waals surface area (Å²) < 4.78 is 0. The van der Waals surface area contributed by atoms with Crippen molar-refractivity contribution in [2.45, 2.75) is 13.0 Å². The van der Waals surface area contributed by atoms with E-state index in [1.165, 1.54) is 0 Å². The zero-order chi connectivity index (χ0) is 8.39. The van der Waals surface area contributed by atoms with Crippen molar-refractivity contribution in [2.75, 3.05) is 0 Å². The van der Waals surface area contributed by atoms with Gasteiger partial charge in [0.1, 0.15) is 6.07 Å². The molecule has 58 valence electrons. The minimum absolute atomic E-state index is 0.626. The first-order valence-corrected chi connectivity index (χ1v) is 3.76. The van der Waals surface area contributed by atoms with E-state index in [0.717, 1.165) is 17.5 Å². The van der Waals surface area contributed by atoms with Crippen LogP contribution in [-0.4, -0.2) is 11.2 Å². The van der Waals surface area contributed by atoms with Gasteiger partial charge in [-0.25, -0.2) is 0 Å². The van der Waals surface area contributed by atoms with Crippen molar-refractivity contribution in [3.05, 3.63) is 29.1 Å². The lowest BCUT2D eigenvalue weighted by Crippen LogP contribution is -2.04. The van der Waals surface area contributed by atoms with Gasteiger partial charge in [0.05, 0.1) is 12.1 Å². The van der Waals surface area contributed by atoms with Crippen LogP contribution in [0.4, 0.5) is 0 Å². The van der Waals surface area contributed by atoms with Crippen LogP contribution in [0.5, 0.6) is 0 Å². The van der Waals surface area contributed by atoms with Crippen LogP contribution >= 0.6 is 0 Å². The maximum atomic E-state index is 8.75. The van der Waals surface area contributed by atoms with E-state index in [9.17, 15) is 0 Å². The molecule has 0 spiro atoms. The SMILES string of the molecule is N#Cc1cncc2c1CN=CC2. The molecule has 1 aromatic heterocycles. The number of nitriles is 1. The van der Waals surface area contributed by atoms with Gasteiger partial charge in [0, 0.05) is 25.0 Å². The Morgan fingerprint density at radius 3 is 3.17 bits per heavy atom. The summed E-state index contributed by atoms with van der Waals surface area (Å²) in [5.74, 6) is 0. The Labute approximate surface area is 70.4 Å². The average Bonchev–Trinajstić information content (AvgIpc) is 2.17. The first-order valence-electron chi connectivity index (χ1n) is 3.76. The Morgan fingerprint density at radius 1 is 1.42 bits per heavy atom. The predicted octanol–water partition coefficient (Wildman–Crippen LogP) is 1.08. The van der Waals surface area contributed by atoms with Crippen LogP contribution in [0.15, 0.2) is 17.4 Å². The lowest BCUT2D eigenvalue weighted by atomic mass is 10.0. The van der Waals surface area contributed by atoms with E-state index >= 15 is 0 Å². The molecule has 3 nitrogen and oxygen atoms in total. The van der Waals surface area contributed by atoms with Crippen LogP contribution in [0.25, 0.3) is 0 Å². The van der Waals surface area contributed by atoms with Gasteiger partial charge in [0.25, 0.3) is 0 Å². The molecular formula is C9H7N3. The molecule has 0 N–H and O–H groups in total. The quantitative estimate of drug-likeness (QED) is 0.565. The Balaban J connectivity index is 2.58. The molecule has 2 rings (SSSR count). The van der Waals surface area contributed by atoms with Gasteiger partial charge in [-0.3, -0.25) is 9.98 Å². The Hall–Kier alpha value is -1.69. The van der Waals surface area contributed by atoms with Crippen LogP contribution in [0.3, 0.4) is 0 Å².